The Kier molecular flexibility index (Phi) is 5.32. The molecule has 0 aliphatic carbocycles. The van der Waals surface area contributed by atoms with Crippen LogP contribution in [0.25, 0.3) is 0 Å². The number of H-pyrrole nitrogens is 1. The van der Waals surface area contributed by atoms with Crippen LogP contribution in [0, 0.1) is 4.77 Å². The lowest BCUT2D eigenvalue weighted by molar-refractivity contribution is 0.290. The lowest BCUT2D eigenvalue weighted by atomic mass is 9.87. The number of benzene rings is 2. The monoisotopic (exact) mass is 366 g/mol. The van der Waals surface area contributed by atoms with Crippen LogP contribution in [0.1, 0.15) is 37.7 Å². The van der Waals surface area contributed by atoms with E-state index >= 15 is 0 Å². The van der Waals surface area contributed by atoms with Gasteiger partial charge in [0.15, 0.2) is 5.82 Å². The van der Waals surface area contributed by atoms with Crippen molar-refractivity contribution in [3.63, 3.8) is 0 Å². The van der Waals surface area contributed by atoms with E-state index in [0.717, 1.165) is 11.3 Å². The van der Waals surface area contributed by atoms with Gasteiger partial charge in [-0.25, -0.2) is 5.10 Å². The van der Waals surface area contributed by atoms with Crippen molar-refractivity contribution in [2.24, 2.45) is 5.10 Å². The van der Waals surface area contributed by atoms with Crippen LogP contribution in [-0.4, -0.2) is 21.1 Å². The van der Waals surface area contributed by atoms with Crippen molar-refractivity contribution in [2.75, 3.05) is 0 Å². The zero-order valence-corrected chi connectivity index (χ0v) is 16.0. The summed E-state index contributed by atoms with van der Waals surface area (Å²) in [6.45, 7) is 6.86. The largest absolute Gasteiger partial charge is 0.486 e. The van der Waals surface area contributed by atoms with E-state index in [1.165, 1.54) is 5.56 Å². The average molecular weight is 366 g/mol. The summed E-state index contributed by atoms with van der Waals surface area (Å²) in [6.07, 6.45) is 1.77. The maximum absolute atomic E-state index is 5.73. The third-order valence-electron chi connectivity index (χ3n) is 3.93. The Morgan fingerprint density at radius 3 is 2.46 bits per heavy atom. The minimum absolute atomic E-state index is 0.130. The molecule has 26 heavy (non-hydrogen) atoms. The van der Waals surface area contributed by atoms with Crippen molar-refractivity contribution in [3.8, 4) is 5.75 Å². The fourth-order valence-electron chi connectivity index (χ4n) is 2.39. The number of ether oxygens (including phenoxy) is 1. The first-order valence-electron chi connectivity index (χ1n) is 8.42. The van der Waals surface area contributed by atoms with Crippen molar-refractivity contribution < 1.29 is 4.74 Å². The van der Waals surface area contributed by atoms with Crippen LogP contribution in [0.5, 0.6) is 5.75 Å². The van der Waals surface area contributed by atoms with Crippen molar-refractivity contribution in [3.05, 3.63) is 76.3 Å². The molecule has 1 heterocycles. The smallest absolute Gasteiger partial charge is 0.216 e. The molecule has 1 N–H and O–H groups in total. The predicted molar refractivity (Wildman–Crippen MR) is 106 cm³/mol. The van der Waals surface area contributed by atoms with Gasteiger partial charge in [0.1, 0.15) is 12.4 Å². The fraction of sp³-hybridized carbons (Fsp3) is 0.250. The van der Waals surface area contributed by atoms with Gasteiger partial charge < -0.3 is 4.74 Å². The van der Waals surface area contributed by atoms with Gasteiger partial charge >= 0.3 is 0 Å². The Balaban J connectivity index is 1.74. The quantitative estimate of drug-likeness (QED) is 0.526. The van der Waals surface area contributed by atoms with Gasteiger partial charge in [-0.15, -0.1) is 0 Å². The molecule has 3 rings (SSSR count). The molecule has 1 aromatic heterocycles. The van der Waals surface area contributed by atoms with E-state index in [4.69, 9.17) is 17.0 Å². The molecule has 2 aromatic carbocycles. The maximum atomic E-state index is 5.73. The summed E-state index contributed by atoms with van der Waals surface area (Å²) < 4.78 is 7.74. The molecule has 0 atom stereocenters. The van der Waals surface area contributed by atoms with Crippen molar-refractivity contribution in [2.45, 2.75) is 32.8 Å². The zero-order chi connectivity index (χ0) is 18.6. The van der Waals surface area contributed by atoms with Crippen LogP contribution >= 0.6 is 12.2 Å². The Morgan fingerprint density at radius 2 is 1.81 bits per heavy atom. The maximum Gasteiger partial charge on any atom is 0.216 e. The SMILES string of the molecule is CC(C)(C)c1ccc(/C=N\n2c(COc3ccccc3)n[nH]c2=S)cc1. The Hall–Kier alpha value is -2.73. The molecule has 5 nitrogen and oxygen atoms in total. The fourth-order valence-corrected chi connectivity index (χ4v) is 2.59. The number of nitrogens with one attached hydrogen (secondary N) is 1. The number of aromatic nitrogens is 3. The highest BCUT2D eigenvalue weighted by Gasteiger charge is 2.12. The van der Waals surface area contributed by atoms with Gasteiger partial charge in [0, 0.05) is 0 Å². The third kappa shape index (κ3) is 4.46. The van der Waals surface area contributed by atoms with Crippen LogP contribution in [0.4, 0.5) is 0 Å². The van der Waals surface area contributed by atoms with Gasteiger partial charge in [-0.05, 0) is 40.9 Å². The lowest BCUT2D eigenvalue weighted by Crippen LogP contribution is -2.10. The summed E-state index contributed by atoms with van der Waals surface area (Å²) >= 11 is 5.26. The van der Waals surface area contributed by atoms with E-state index in [1.807, 2.05) is 42.5 Å². The average Bonchev–Trinajstić information content (AvgIpc) is 2.98. The Morgan fingerprint density at radius 1 is 1.12 bits per heavy atom. The molecular weight excluding hydrogens is 344 g/mol. The molecule has 0 radical (unpaired) electrons. The van der Waals surface area contributed by atoms with Gasteiger partial charge in [-0.3, -0.25) is 0 Å². The minimum Gasteiger partial charge on any atom is -0.486 e. The molecule has 0 aliphatic heterocycles. The van der Waals surface area contributed by atoms with Gasteiger partial charge in [-0.1, -0.05) is 63.2 Å². The summed E-state index contributed by atoms with van der Waals surface area (Å²) in [6, 6.07) is 17.9. The van der Waals surface area contributed by atoms with Crippen molar-refractivity contribution in [1.82, 2.24) is 14.9 Å². The van der Waals surface area contributed by atoms with Gasteiger partial charge in [0.05, 0.1) is 6.21 Å². The Bertz CT molecular complexity index is 934. The highest BCUT2D eigenvalue weighted by Crippen LogP contribution is 2.21. The molecular formula is C20H22N4OS. The highest BCUT2D eigenvalue weighted by molar-refractivity contribution is 7.71. The zero-order valence-electron chi connectivity index (χ0n) is 15.1. The molecule has 0 unspecified atom stereocenters. The van der Waals surface area contributed by atoms with Crippen LogP contribution in [-0.2, 0) is 12.0 Å². The second-order valence-corrected chi connectivity index (χ2v) is 7.36. The molecule has 0 fully saturated rings. The molecule has 0 spiro atoms. The first-order chi connectivity index (χ1) is 12.4. The molecule has 0 aliphatic rings. The molecule has 134 valence electrons. The summed E-state index contributed by atoms with van der Waals surface area (Å²) in [5, 5.41) is 11.4. The van der Waals surface area contributed by atoms with Gasteiger partial charge in [-0.2, -0.15) is 14.9 Å². The van der Waals surface area contributed by atoms with Crippen LogP contribution in [0.2, 0.25) is 0 Å². The summed E-state index contributed by atoms with van der Waals surface area (Å²) in [7, 11) is 0. The Labute approximate surface area is 158 Å². The molecule has 0 bridgehead atoms. The van der Waals surface area contributed by atoms with E-state index in [2.05, 4.69) is 48.2 Å². The standard InChI is InChI=1S/C20H22N4OS/c1-20(2,3)16-11-9-15(10-12-16)13-21-24-18(22-23-19(24)26)14-25-17-7-5-4-6-8-17/h4-13H,14H2,1-3H3,(H,23,26)/b21-13-. The molecule has 3 aromatic rings. The predicted octanol–water partition coefficient (Wildman–Crippen LogP) is 4.70. The van der Waals surface area contributed by atoms with E-state index in [0.29, 0.717) is 10.6 Å². The van der Waals surface area contributed by atoms with E-state index in [9.17, 15) is 0 Å². The molecule has 6 heteroatoms. The molecule has 0 saturated heterocycles. The normalized spacial score (nSPS) is 11.8. The second-order valence-electron chi connectivity index (χ2n) is 6.98. The van der Waals surface area contributed by atoms with Gasteiger partial charge in [0.2, 0.25) is 4.77 Å². The number of rotatable bonds is 5. The first-order valence-corrected chi connectivity index (χ1v) is 8.83. The van der Waals surface area contributed by atoms with Crippen LogP contribution in [0.15, 0.2) is 59.7 Å². The molecule has 0 saturated carbocycles. The number of hydrogen-bond acceptors (Lipinski definition) is 4. The molecule has 0 amide bonds. The van der Waals surface area contributed by atoms with Gasteiger partial charge in [0.25, 0.3) is 0 Å². The number of hydrogen-bond donors (Lipinski definition) is 1. The highest BCUT2D eigenvalue weighted by atomic mass is 32.1. The van der Waals surface area contributed by atoms with Crippen molar-refractivity contribution in [1.29, 1.82) is 0 Å². The van der Waals surface area contributed by atoms with Crippen LogP contribution < -0.4 is 4.74 Å². The lowest BCUT2D eigenvalue weighted by Gasteiger charge is -2.18. The van der Waals surface area contributed by atoms with E-state index in [-0.39, 0.29) is 12.0 Å². The van der Waals surface area contributed by atoms with Crippen molar-refractivity contribution >= 4 is 18.4 Å². The minimum atomic E-state index is 0.130. The van der Waals surface area contributed by atoms with E-state index < -0.39 is 0 Å². The number of nitrogens with zero attached hydrogens (tertiary/aromatic N) is 3. The topological polar surface area (TPSA) is 55.2 Å². The number of aromatic amines is 1. The second kappa shape index (κ2) is 7.66. The first kappa shape index (κ1) is 18.1. The summed E-state index contributed by atoms with van der Waals surface area (Å²) in [5.74, 6) is 1.39. The number of para-hydroxylation sites is 1. The summed E-state index contributed by atoms with van der Waals surface area (Å²) in [5.41, 5.74) is 2.41. The summed E-state index contributed by atoms with van der Waals surface area (Å²) in [4.78, 5) is 0. The van der Waals surface area contributed by atoms with E-state index in [1.54, 1.807) is 10.9 Å². The third-order valence-corrected chi connectivity index (χ3v) is 4.19. The van der Waals surface area contributed by atoms with Crippen LogP contribution in [0.3, 0.4) is 0 Å².